The van der Waals surface area contributed by atoms with E-state index in [-0.39, 0.29) is 49.7 Å². The van der Waals surface area contributed by atoms with Crippen LogP contribution in [0.25, 0.3) is 0 Å². The van der Waals surface area contributed by atoms with Crippen molar-refractivity contribution in [3.63, 3.8) is 0 Å². The molecule has 1 aromatic rings. The van der Waals surface area contributed by atoms with E-state index in [0.29, 0.717) is 13.0 Å². The molecule has 22 nitrogen and oxygen atoms in total. The van der Waals surface area contributed by atoms with E-state index in [4.69, 9.17) is 24.0 Å². The summed E-state index contributed by atoms with van der Waals surface area (Å²) in [5.41, 5.74) is -0.872. The Morgan fingerprint density at radius 1 is 0.735 bits per heavy atom. The lowest BCUT2D eigenvalue weighted by atomic mass is 10.0. The van der Waals surface area contributed by atoms with Crippen molar-refractivity contribution in [3.8, 4) is 0 Å². The highest BCUT2D eigenvalue weighted by Crippen LogP contribution is 2.58. The van der Waals surface area contributed by atoms with Gasteiger partial charge in [0.05, 0.1) is 6.61 Å². The van der Waals surface area contributed by atoms with Crippen LogP contribution in [-0.4, -0.2) is 107 Å². The molecule has 1 saturated heterocycles. The zero-order valence-corrected chi connectivity index (χ0v) is 42.2. The van der Waals surface area contributed by atoms with Crippen LogP contribution in [-0.2, 0) is 41.8 Å². The molecule has 7 atom stereocenters. The molecular formula is C44H87N5O17P2. The number of unbranched alkanes of at least 4 members (excludes halogenated alkanes) is 24. The zero-order valence-electron chi connectivity index (χ0n) is 40.5. The Labute approximate surface area is 402 Å². The molecule has 24 heteroatoms. The van der Waals surface area contributed by atoms with Gasteiger partial charge >= 0.3 is 33.3 Å². The molecular weight excluding hydrogens is 932 g/mol. The summed E-state index contributed by atoms with van der Waals surface area (Å²) in [5, 5.41) is 43.4. The number of ether oxygens (including phenoxy) is 3. The Balaban J connectivity index is 0.0000224. The lowest BCUT2D eigenvalue weighted by Gasteiger charge is -2.22. The van der Waals surface area contributed by atoms with Gasteiger partial charge < -0.3 is 66.9 Å². The van der Waals surface area contributed by atoms with Gasteiger partial charge in [-0.1, -0.05) is 155 Å². The minimum atomic E-state index is -5.52. The number of nitrogens with zero attached hydrogens (tertiary/aromatic N) is 2. The Hall–Kier alpha value is -2.40. The van der Waals surface area contributed by atoms with E-state index >= 15 is 0 Å². The van der Waals surface area contributed by atoms with Gasteiger partial charge in [0.1, 0.15) is 30.7 Å². The number of phosphoric acid groups is 2. The first kappa shape index (κ1) is 65.6. The summed E-state index contributed by atoms with van der Waals surface area (Å²) in [5.74, 6) is -0.437. The van der Waals surface area contributed by atoms with E-state index in [1.807, 2.05) is 0 Å². The Morgan fingerprint density at radius 2 is 1.19 bits per heavy atom. The van der Waals surface area contributed by atoms with Gasteiger partial charge in [-0.05, 0) is 25.3 Å². The number of hydrogen-bond acceptors (Lipinski definition) is 18. The molecule has 3 unspecified atom stereocenters. The fourth-order valence-electron chi connectivity index (χ4n) is 7.68. The number of nitrogens with one attached hydrogen (secondary N) is 1. The number of rotatable bonds is 41. The van der Waals surface area contributed by atoms with E-state index < -0.39 is 58.3 Å². The average Bonchev–Trinajstić information content (AvgIpc) is 3.55. The number of phosphoric ester groups is 1. The molecule has 1 aromatic heterocycles. The van der Waals surface area contributed by atoms with Crippen molar-refractivity contribution in [1.29, 1.82) is 0 Å². The second-order valence-electron chi connectivity index (χ2n) is 17.3. The predicted molar refractivity (Wildman–Crippen MR) is 256 cm³/mol. The first-order valence-corrected chi connectivity index (χ1v) is 27.4. The van der Waals surface area contributed by atoms with Crippen molar-refractivity contribution in [2.24, 2.45) is 0 Å². The van der Waals surface area contributed by atoms with E-state index in [2.05, 4.69) is 26.1 Å². The third-order valence-electron chi connectivity index (χ3n) is 11.4. The highest BCUT2D eigenvalue weighted by molar-refractivity contribution is 7.60. The minimum Gasteiger partial charge on any atom is -0.462 e. The largest absolute Gasteiger partial charge is 0.483 e. The van der Waals surface area contributed by atoms with Crippen molar-refractivity contribution in [1.82, 2.24) is 21.9 Å². The molecule has 0 aliphatic carbocycles. The summed E-state index contributed by atoms with van der Waals surface area (Å²) < 4.78 is 47.1. The summed E-state index contributed by atoms with van der Waals surface area (Å²) in [4.78, 5) is 67.9. The van der Waals surface area contributed by atoms with Crippen LogP contribution in [0.5, 0.6) is 0 Å². The summed E-state index contributed by atoms with van der Waals surface area (Å²) in [7, 11) is -11.0. The molecule has 68 heavy (non-hydrogen) atoms. The van der Waals surface area contributed by atoms with Gasteiger partial charge in [-0.25, -0.2) is 13.9 Å². The average molecular weight is 1020 g/mol. The number of aromatic nitrogens is 2. The van der Waals surface area contributed by atoms with Gasteiger partial charge in [0.25, 0.3) is 0 Å². The minimum absolute atomic E-state index is 0. The van der Waals surface area contributed by atoms with Gasteiger partial charge in [-0.3, -0.25) is 18.7 Å². The number of anilines is 1. The number of esters is 2. The highest BCUT2D eigenvalue weighted by Gasteiger charge is 2.50. The van der Waals surface area contributed by atoms with E-state index in [9.17, 15) is 48.8 Å². The molecule has 0 aromatic carbocycles. The van der Waals surface area contributed by atoms with E-state index in [1.165, 1.54) is 95.7 Å². The van der Waals surface area contributed by atoms with Crippen LogP contribution in [0.2, 0.25) is 0 Å². The monoisotopic (exact) mass is 1020 g/mol. The summed E-state index contributed by atoms with van der Waals surface area (Å²) >= 11 is 0. The maximum Gasteiger partial charge on any atom is 0.483 e. The molecule has 2 heterocycles. The number of carbonyl (C=O) groups excluding carboxylic acids is 2. The molecule has 1 aliphatic rings. The standard InChI is InChI=1S/C44H81N3O17P2.2H3N/c1-2-3-4-5-6-7-8-10-13-16-19-22-25-28-37(49)60-34-35(33-48)61-38(50)29-26-23-20-17-14-11-9-12-15-18-21-24-27-31-45-36-30-32-47(44(54)46-36)42-40(52)39(51)41(62-42)43(53)63-66(58,59)64-65(55,56)57;;/h30,32,35,39-43,48,51-53H,2-29,31,33-34H2,1H3,(H,58,59)(H,45,46,54)(H2,55,56,57);2*1H3/t35?,39-,40-,41-,42+,43?;;/m0../s1. The lowest BCUT2D eigenvalue weighted by Crippen LogP contribution is -2.40. The first-order chi connectivity index (χ1) is 31.6. The predicted octanol–water partition coefficient (Wildman–Crippen LogP) is 7.53. The second-order valence-corrected chi connectivity index (χ2v) is 20.0. The Morgan fingerprint density at radius 3 is 1.65 bits per heavy atom. The van der Waals surface area contributed by atoms with E-state index in [1.54, 1.807) is 0 Å². The highest BCUT2D eigenvalue weighted by atomic mass is 31.3. The molecule has 2 rings (SSSR count). The topological polar surface area (TPSA) is 373 Å². The van der Waals surface area contributed by atoms with Crippen LogP contribution in [0.3, 0.4) is 0 Å². The van der Waals surface area contributed by atoms with Crippen molar-refractivity contribution < 1.29 is 76.9 Å². The van der Waals surface area contributed by atoms with Crippen molar-refractivity contribution in [2.75, 3.05) is 25.1 Å². The lowest BCUT2D eigenvalue weighted by molar-refractivity contribution is -0.161. The third kappa shape index (κ3) is 30.4. The van der Waals surface area contributed by atoms with Gasteiger partial charge in [-0.15, -0.1) is 0 Å². The molecule has 0 spiro atoms. The fraction of sp³-hybridized carbons (Fsp3) is 0.864. The SMILES string of the molecule is CCCCCCCCCCCCCCCC(=O)OCC(CO)OC(=O)CCCCCCCCCCCCCCCNc1ccn([C@@H]2O[C@H](C(O)OP(=O)(O)OP(=O)(O)O)[C@@H](O)[C@@H]2O)c(=O)n1.N.N. The Bertz CT molecular complexity index is 1630. The molecule has 14 N–H and O–H groups in total. The maximum absolute atomic E-state index is 12.7. The number of aliphatic hydroxyl groups is 4. The molecule has 0 saturated carbocycles. The molecule has 0 radical (unpaired) electrons. The van der Waals surface area contributed by atoms with Crippen LogP contribution in [0.1, 0.15) is 193 Å². The normalized spacial score (nSPS) is 18.8. The van der Waals surface area contributed by atoms with Crippen LogP contribution >= 0.6 is 15.6 Å². The second kappa shape index (κ2) is 38.3. The Kier molecular flexibility index (Phi) is 36.9. The number of aliphatic hydroxyl groups excluding tert-OH is 4. The quantitative estimate of drug-likeness (QED) is 0.0131. The van der Waals surface area contributed by atoms with Gasteiger partial charge in [-0.2, -0.15) is 9.29 Å². The maximum atomic E-state index is 12.7. The van der Waals surface area contributed by atoms with Crippen molar-refractivity contribution in [2.45, 2.75) is 224 Å². The molecule has 0 bridgehead atoms. The van der Waals surface area contributed by atoms with Crippen molar-refractivity contribution >= 4 is 33.4 Å². The van der Waals surface area contributed by atoms with Crippen LogP contribution in [0.15, 0.2) is 17.1 Å². The van der Waals surface area contributed by atoms with Crippen LogP contribution in [0, 0.1) is 0 Å². The summed E-state index contributed by atoms with van der Waals surface area (Å²) in [6.45, 7) is 2.29. The molecule has 0 amide bonds. The van der Waals surface area contributed by atoms with Crippen LogP contribution < -0.4 is 23.3 Å². The van der Waals surface area contributed by atoms with Crippen LogP contribution in [0.4, 0.5) is 5.82 Å². The van der Waals surface area contributed by atoms with Crippen molar-refractivity contribution in [3.05, 3.63) is 22.7 Å². The molecule has 1 fully saturated rings. The molecule has 1 aliphatic heterocycles. The summed E-state index contributed by atoms with van der Waals surface area (Å²) in [6.07, 6.45) is 20.9. The smallest absolute Gasteiger partial charge is 0.462 e. The molecule has 400 valence electrons. The number of hydrogen-bond donors (Lipinski definition) is 10. The summed E-state index contributed by atoms with van der Waals surface area (Å²) in [6, 6.07) is 1.44. The van der Waals surface area contributed by atoms with E-state index in [0.717, 1.165) is 88.0 Å². The van der Waals surface area contributed by atoms with Gasteiger partial charge in [0.2, 0.25) is 0 Å². The zero-order chi connectivity index (χ0) is 48.6. The van der Waals surface area contributed by atoms with Gasteiger partial charge in [0, 0.05) is 25.6 Å². The first-order valence-electron chi connectivity index (χ1n) is 24.3. The van der Waals surface area contributed by atoms with Gasteiger partial charge in [0.15, 0.2) is 18.6 Å². The number of carbonyl (C=O) groups is 2. The third-order valence-corrected chi connectivity index (χ3v) is 13.6. The fourth-order valence-corrected chi connectivity index (χ4v) is 9.30.